The highest BCUT2D eigenvalue weighted by Gasteiger charge is 2.13. The van der Waals surface area contributed by atoms with E-state index in [-0.39, 0.29) is 19.4 Å². The van der Waals surface area contributed by atoms with Gasteiger partial charge in [-0.25, -0.2) is 4.79 Å². The fourth-order valence-corrected chi connectivity index (χ4v) is 0.889. The standard InChI is InChI=1S/C5H9NO4.C5H6O5.C4H9NO2.C4H6O3/c2*6-3(5(9)10)1-2-4(7)8;2*1-3(2-5)4(6)7/h3H,1-2,6H2,(H,7,8)(H,9,10);1-2H2,(H,7,8)(H,9,10);3H,2,5H2,1H3,(H,6,7);2-3H,1H3,(H,6,7). The van der Waals surface area contributed by atoms with Crippen molar-refractivity contribution in [2.75, 3.05) is 6.54 Å². The molecule has 0 heterocycles. The number of carbonyl (C=O) groups is 8. The molecule has 0 fully saturated rings. The molecule has 0 saturated heterocycles. The molecule has 0 bridgehead atoms. The van der Waals surface area contributed by atoms with Crippen molar-refractivity contribution in [3.05, 3.63) is 0 Å². The second-order valence-electron chi connectivity index (χ2n) is 6.24. The van der Waals surface area contributed by atoms with E-state index in [0.29, 0.717) is 6.29 Å². The van der Waals surface area contributed by atoms with Crippen LogP contribution in [0.5, 0.6) is 0 Å². The maximum atomic E-state index is 10.2. The number of rotatable bonds is 12. The van der Waals surface area contributed by atoms with E-state index in [1.54, 1.807) is 6.92 Å². The number of nitrogens with two attached hydrogens (primary N) is 2. The second kappa shape index (κ2) is 22.3. The van der Waals surface area contributed by atoms with E-state index < -0.39 is 72.3 Å². The maximum Gasteiger partial charge on any atom is 0.372 e. The van der Waals surface area contributed by atoms with Crippen molar-refractivity contribution >= 4 is 47.9 Å². The van der Waals surface area contributed by atoms with Crippen LogP contribution in [-0.2, 0) is 38.4 Å². The first-order valence-corrected chi connectivity index (χ1v) is 9.23. The second-order valence-corrected chi connectivity index (χ2v) is 6.24. The van der Waals surface area contributed by atoms with Crippen molar-refractivity contribution in [1.82, 2.24) is 0 Å². The van der Waals surface area contributed by atoms with Gasteiger partial charge in [0.05, 0.1) is 12.3 Å². The Morgan fingerprint density at radius 2 is 1.18 bits per heavy atom. The fourth-order valence-electron chi connectivity index (χ4n) is 0.889. The third-order valence-electron chi connectivity index (χ3n) is 3.16. The third-order valence-corrected chi connectivity index (χ3v) is 3.16. The summed E-state index contributed by atoms with van der Waals surface area (Å²) in [6, 6.07) is -1.06. The molecule has 0 spiro atoms. The largest absolute Gasteiger partial charge is 0.481 e. The molecule has 0 aliphatic heterocycles. The van der Waals surface area contributed by atoms with Gasteiger partial charge in [-0.1, -0.05) is 6.92 Å². The molecule has 0 radical (unpaired) electrons. The SMILES string of the molecule is CC(C=O)C(=O)O.CC(CN)C(=O)O.NC(CCC(=O)O)C(=O)O.O=C(O)CCC(=O)C(=O)O. The highest BCUT2D eigenvalue weighted by molar-refractivity contribution is 6.32. The summed E-state index contributed by atoms with van der Waals surface area (Å²) in [6.07, 6.45) is -0.698. The predicted molar refractivity (Wildman–Crippen MR) is 111 cm³/mol. The van der Waals surface area contributed by atoms with Crippen molar-refractivity contribution < 1.29 is 69.0 Å². The van der Waals surface area contributed by atoms with Crippen molar-refractivity contribution in [2.45, 2.75) is 45.6 Å². The molecule has 34 heavy (non-hydrogen) atoms. The molecule has 16 nitrogen and oxygen atoms in total. The van der Waals surface area contributed by atoms with Gasteiger partial charge in [0, 0.05) is 19.4 Å². The van der Waals surface area contributed by atoms with E-state index in [1.165, 1.54) is 6.92 Å². The van der Waals surface area contributed by atoms with Crippen LogP contribution in [0.15, 0.2) is 0 Å². The number of aliphatic carboxylic acids is 6. The molecular weight excluding hydrogens is 468 g/mol. The molecule has 0 aromatic carbocycles. The topological polar surface area (TPSA) is 310 Å². The Balaban J connectivity index is -0.000000179. The van der Waals surface area contributed by atoms with Crippen LogP contribution in [-0.4, -0.2) is 91.1 Å². The average Bonchev–Trinajstić information content (AvgIpc) is 2.75. The minimum absolute atomic E-state index is 0.0231. The van der Waals surface area contributed by atoms with Gasteiger partial charge in [-0.15, -0.1) is 0 Å². The molecule has 0 aromatic rings. The Morgan fingerprint density at radius 1 is 0.735 bits per heavy atom. The van der Waals surface area contributed by atoms with Gasteiger partial charge in [0.2, 0.25) is 5.78 Å². The summed E-state index contributed by atoms with van der Waals surface area (Å²) in [4.78, 5) is 78.7. The average molecular weight is 498 g/mol. The number of hydrogen-bond acceptors (Lipinski definition) is 10. The molecular formula is C18H30N2O14. The summed E-state index contributed by atoms with van der Waals surface area (Å²) in [5, 5.41) is 48.3. The number of carbonyl (C=O) groups excluding carboxylic acids is 2. The van der Waals surface area contributed by atoms with Gasteiger partial charge in [0.15, 0.2) is 0 Å². The molecule has 0 aromatic heterocycles. The quantitative estimate of drug-likeness (QED) is 0.0847. The fraction of sp³-hybridized carbons (Fsp3) is 0.556. The number of carboxylic acids is 6. The van der Waals surface area contributed by atoms with E-state index in [9.17, 15) is 38.4 Å². The van der Waals surface area contributed by atoms with Crippen molar-refractivity contribution in [2.24, 2.45) is 23.3 Å². The summed E-state index contributed by atoms with van der Waals surface area (Å²) in [5.74, 6) is -9.19. The maximum absolute atomic E-state index is 10.2. The van der Waals surface area contributed by atoms with Gasteiger partial charge in [0.25, 0.3) is 0 Å². The third kappa shape index (κ3) is 30.3. The Hall–Kier alpha value is -3.92. The van der Waals surface area contributed by atoms with Gasteiger partial charge in [0.1, 0.15) is 18.2 Å². The molecule has 10 N–H and O–H groups in total. The van der Waals surface area contributed by atoms with Crippen molar-refractivity contribution in [3.63, 3.8) is 0 Å². The van der Waals surface area contributed by atoms with Crippen LogP contribution in [0.1, 0.15) is 39.5 Å². The number of aldehydes is 1. The first-order valence-electron chi connectivity index (χ1n) is 9.23. The Bertz CT molecular complexity index is 707. The molecule has 3 unspecified atom stereocenters. The predicted octanol–water partition coefficient (Wildman–Crippen LogP) is -1.66. The van der Waals surface area contributed by atoms with Crippen LogP contribution >= 0.6 is 0 Å². The molecule has 196 valence electrons. The summed E-state index contributed by atoms with van der Waals surface area (Å²) in [5.41, 5.74) is 9.99. The summed E-state index contributed by atoms with van der Waals surface area (Å²) in [7, 11) is 0. The van der Waals surface area contributed by atoms with Gasteiger partial charge >= 0.3 is 35.8 Å². The smallest absolute Gasteiger partial charge is 0.372 e. The Morgan fingerprint density at radius 3 is 1.35 bits per heavy atom. The van der Waals surface area contributed by atoms with Crippen LogP contribution in [0.25, 0.3) is 0 Å². The van der Waals surface area contributed by atoms with Gasteiger partial charge in [-0.05, 0) is 13.3 Å². The molecule has 0 amide bonds. The molecule has 0 aliphatic carbocycles. The van der Waals surface area contributed by atoms with Crippen molar-refractivity contribution in [3.8, 4) is 0 Å². The van der Waals surface area contributed by atoms with Crippen LogP contribution in [0.2, 0.25) is 0 Å². The minimum atomic E-state index is -1.58. The molecule has 0 saturated carbocycles. The first-order chi connectivity index (χ1) is 15.4. The lowest BCUT2D eigenvalue weighted by atomic mass is 10.2. The molecule has 0 rings (SSSR count). The molecule has 0 aliphatic rings. The zero-order chi connectivity index (χ0) is 28.0. The van der Waals surface area contributed by atoms with E-state index in [2.05, 4.69) is 0 Å². The number of ketones is 1. The van der Waals surface area contributed by atoms with Crippen LogP contribution in [0, 0.1) is 11.8 Å². The lowest BCUT2D eigenvalue weighted by Crippen LogP contribution is -2.30. The molecule has 3 atom stereocenters. The zero-order valence-electron chi connectivity index (χ0n) is 18.4. The van der Waals surface area contributed by atoms with Crippen LogP contribution < -0.4 is 11.5 Å². The number of Topliss-reactive ketones (excluding diaryl/α,β-unsaturated/α-hetero) is 1. The highest BCUT2D eigenvalue weighted by atomic mass is 16.4. The van der Waals surface area contributed by atoms with Gasteiger partial charge in [-0.3, -0.25) is 28.8 Å². The first kappa shape index (κ1) is 37.4. The number of carboxylic acid groups (broad SMARTS) is 6. The Kier molecular flexibility index (Phi) is 24.5. The Labute approximate surface area is 193 Å². The summed E-state index contributed by atoms with van der Waals surface area (Å²) >= 11 is 0. The zero-order valence-corrected chi connectivity index (χ0v) is 18.4. The van der Waals surface area contributed by atoms with E-state index in [0.717, 1.165) is 0 Å². The highest BCUT2D eigenvalue weighted by Crippen LogP contribution is 1.93. The normalized spacial score (nSPS) is 11.6. The monoisotopic (exact) mass is 498 g/mol. The van der Waals surface area contributed by atoms with Gasteiger partial charge in [-0.2, -0.15) is 0 Å². The van der Waals surface area contributed by atoms with Gasteiger partial charge < -0.3 is 46.9 Å². The van der Waals surface area contributed by atoms with E-state index >= 15 is 0 Å². The minimum Gasteiger partial charge on any atom is -0.481 e. The summed E-state index contributed by atoms with van der Waals surface area (Å²) in [6.45, 7) is 3.12. The van der Waals surface area contributed by atoms with Crippen LogP contribution in [0.4, 0.5) is 0 Å². The summed E-state index contributed by atoms with van der Waals surface area (Å²) < 4.78 is 0. The van der Waals surface area contributed by atoms with Crippen LogP contribution in [0.3, 0.4) is 0 Å². The van der Waals surface area contributed by atoms with Crippen molar-refractivity contribution in [1.29, 1.82) is 0 Å². The lowest BCUT2D eigenvalue weighted by molar-refractivity contribution is -0.150. The molecule has 16 heteroatoms. The number of hydrogen-bond donors (Lipinski definition) is 8. The van der Waals surface area contributed by atoms with E-state index in [1.807, 2.05) is 0 Å². The van der Waals surface area contributed by atoms with E-state index in [4.69, 9.17) is 42.1 Å². The lowest BCUT2D eigenvalue weighted by Gasteiger charge is -2.01.